The van der Waals surface area contributed by atoms with Crippen LogP contribution in [0, 0.1) is 0 Å². The van der Waals surface area contributed by atoms with Crippen LogP contribution in [-0.2, 0) is 11.2 Å². The molecule has 0 atom stereocenters. The topological polar surface area (TPSA) is 73.2 Å². The van der Waals surface area contributed by atoms with E-state index < -0.39 is 23.6 Å². The first kappa shape index (κ1) is 20.4. The van der Waals surface area contributed by atoms with Crippen molar-refractivity contribution >= 4 is 16.8 Å². The van der Waals surface area contributed by atoms with Gasteiger partial charge in [0.05, 0.1) is 17.3 Å². The van der Waals surface area contributed by atoms with Gasteiger partial charge in [-0.2, -0.15) is 0 Å². The second-order valence-corrected chi connectivity index (χ2v) is 6.69. The second kappa shape index (κ2) is 7.94. The smallest absolute Gasteiger partial charge is 0.406 e. The number of benzene rings is 2. The number of nitrogens with zero attached hydrogens (tertiary/aromatic N) is 2. The Hall–Kier alpha value is -3.36. The average Bonchev–Trinajstić information content (AvgIpc) is 2.62. The predicted molar refractivity (Wildman–Crippen MR) is 101 cm³/mol. The molecule has 3 aromatic rings. The number of rotatable bonds is 5. The number of aromatic nitrogens is 2. The predicted octanol–water partition coefficient (Wildman–Crippen LogP) is 3.73. The molecule has 0 saturated carbocycles. The van der Waals surface area contributed by atoms with Crippen LogP contribution >= 0.6 is 0 Å². The van der Waals surface area contributed by atoms with E-state index in [1.165, 1.54) is 12.1 Å². The van der Waals surface area contributed by atoms with Gasteiger partial charge in [0.1, 0.15) is 11.6 Å². The lowest BCUT2D eigenvalue weighted by atomic mass is 10.1. The average molecular weight is 405 g/mol. The summed E-state index contributed by atoms with van der Waals surface area (Å²) in [6, 6.07) is 11.9. The molecule has 0 aliphatic carbocycles. The van der Waals surface area contributed by atoms with E-state index in [0.29, 0.717) is 22.3 Å². The summed E-state index contributed by atoms with van der Waals surface area (Å²) in [5.74, 6) is -0.780. The molecule has 0 aliphatic rings. The number of alkyl halides is 3. The summed E-state index contributed by atoms with van der Waals surface area (Å²) >= 11 is 0. The number of carbonyl (C=O) groups is 1. The number of hydrogen-bond acceptors (Lipinski definition) is 4. The highest BCUT2D eigenvalue weighted by atomic mass is 19.4. The van der Waals surface area contributed by atoms with Gasteiger partial charge in [-0.05, 0) is 29.8 Å². The molecule has 6 nitrogen and oxygen atoms in total. The lowest BCUT2D eigenvalue weighted by molar-refractivity contribution is -0.274. The third kappa shape index (κ3) is 4.92. The molecule has 1 N–H and O–H groups in total. The molecule has 9 heteroatoms. The molecule has 29 heavy (non-hydrogen) atoms. The van der Waals surface area contributed by atoms with Gasteiger partial charge < -0.3 is 4.74 Å². The van der Waals surface area contributed by atoms with E-state index in [4.69, 9.17) is 0 Å². The van der Waals surface area contributed by atoms with Gasteiger partial charge in [0.15, 0.2) is 0 Å². The van der Waals surface area contributed by atoms with Crippen LogP contribution in [0.2, 0.25) is 0 Å². The molecule has 0 fully saturated rings. The number of fused-ring (bicyclic) bond motifs is 1. The molecule has 1 aromatic heterocycles. The summed E-state index contributed by atoms with van der Waals surface area (Å²) in [5.41, 5.74) is 2.90. The lowest BCUT2D eigenvalue weighted by Crippen LogP contribution is -2.37. The molecule has 1 heterocycles. The van der Waals surface area contributed by atoms with Crippen LogP contribution in [0.1, 0.15) is 31.2 Å². The Morgan fingerprint density at radius 1 is 1.17 bits per heavy atom. The molecule has 0 unspecified atom stereocenters. The minimum Gasteiger partial charge on any atom is -0.406 e. The number of para-hydroxylation sites is 1. The molecule has 0 spiro atoms. The third-order valence-electron chi connectivity index (χ3n) is 4.05. The molecule has 152 valence electrons. The fourth-order valence-electron chi connectivity index (χ4n) is 2.85. The van der Waals surface area contributed by atoms with Crippen molar-refractivity contribution in [2.24, 2.45) is 0 Å². The Balaban J connectivity index is 1.87. The zero-order valence-corrected chi connectivity index (χ0v) is 15.7. The normalized spacial score (nSPS) is 11.7. The first-order valence-electron chi connectivity index (χ1n) is 8.80. The highest BCUT2D eigenvalue weighted by Crippen LogP contribution is 2.23. The van der Waals surface area contributed by atoms with Crippen LogP contribution in [0.15, 0.2) is 53.3 Å². The van der Waals surface area contributed by atoms with Gasteiger partial charge in [-0.3, -0.25) is 15.0 Å². The summed E-state index contributed by atoms with van der Waals surface area (Å²) in [6.45, 7) is 3.66. The molecule has 0 radical (unpaired) electrons. The molecular weight excluding hydrogens is 387 g/mol. The summed E-state index contributed by atoms with van der Waals surface area (Å²) in [7, 11) is 0. The van der Waals surface area contributed by atoms with Crippen molar-refractivity contribution in [3.63, 3.8) is 0 Å². The van der Waals surface area contributed by atoms with Gasteiger partial charge in [-0.15, -0.1) is 13.2 Å². The number of hydrogen-bond donors (Lipinski definition) is 1. The number of ether oxygens (including phenoxy) is 1. The van der Waals surface area contributed by atoms with Crippen molar-refractivity contribution in [3.8, 4) is 5.75 Å². The lowest BCUT2D eigenvalue weighted by Gasteiger charge is -2.16. The molecule has 0 saturated heterocycles. The second-order valence-electron chi connectivity index (χ2n) is 6.69. The maximum Gasteiger partial charge on any atom is 0.573 e. The minimum atomic E-state index is -4.82. The van der Waals surface area contributed by atoms with Crippen molar-refractivity contribution in [2.45, 2.75) is 32.5 Å². The number of carbonyl (C=O) groups excluding carboxylic acids is 1. The molecule has 1 amide bonds. The van der Waals surface area contributed by atoms with E-state index in [0.717, 1.165) is 16.8 Å². The third-order valence-corrected chi connectivity index (χ3v) is 4.05. The fraction of sp³-hybridized carbons (Fsp3) is 0.250. The van der Waals surface area contributed by atoms with Crippen LogP contribution in [0.25, 0.3) is 10.9 Å². The largest absolute Gasteiger partial charge is 0.573 e. The van der Waals surface area contributed by atoms with Gasteiger partial charge >= 0.3 is 6.36 Å². The summed E-state index contributed by atoms with van der Waals surface area (Å²) in [5, 5.41) is 0.345. The van der Waals surface area contributed by atoms with Crippen molar-refractivity contribution in [1.82, 2.24) is 9.66 Å². The highest BCUT2D eigenvalue weighted by molar-refractivity contribution is 5.86. The van der Waals surface area contributed by atoms with Crippen LogP contribution < -0.4 is 15.7 Å². The molecule has 3 rings (SSSR count). The van der Waals surface area contributed by atoms with Crippen molar-refractivity contribution in [2.75, 3.05) is 5.43 Å². The maximum absolute atomic E-state index is 12.8. The maximum atomic E-state index is 12.8. The molecule has 2 aromatic carbocycles. The number of nitrogens with one attached hydrogen (secondary N) is 1. The van der Waals surface area contributed by atoms with E-state index in [1.807, 2.05) is 13.8 Å². The van der Waals surface area contributed by atoms with E-state index in [9.17, 15) is 22.8 Å². The van der Waals surface area contributed by atoms with Crippen molar-refractivity contribution < 1.29 is 22.7 Å². The van der Waals surface area contributed by atoms with E-state index in [2.05, 4.69) is 15.1 Å². The van der Waals surface area contributed by atoms with E-state index >= 15 is 0 Å². The monoisotopic (exact) mass is 405 g/mol. The van der Waals surface area contributed by atoms with E-state index in [1.54, 1.807) is 24.3 Å². The number of halogens is 3. The Morgan fingerprint density at radius 2 is 1.90 bits per heavy atom. The molecule has 0 bridgehead atoms. The fourth-order valence-corrected chi connectivity index (χ4v) is 2.85. The number of amides is 1. The Morgan fingerprint density at radius 3 is 2.59 bits per heavy atom. The first-order valence-corrected chi connectivity index (χ1v) is 8.80. The first-order chi connectivity index (χ1) is 13.6. The van der Waals surface area contributed by atoms with Crippen molar-refractivity contribution in [3.05, 3.63) is 70.3 Å². The Kier molecular flexibility index (Phi) is 5.58. The standard InChI is InChI=1S/C20H18F3N3O3/c1-12(2)18-24-16-9-4-3-8-15(16)19(28)26(18)25-17(27)11-13-6-5-7-14(10-13)29-20(21,22)23/h3-10,12H,11H2,1-2H3,(H,25,27). The quantitative estimate of drug-likeness (QED) is 0.702. The van der Waals surface area contributed by atoms with Gasteiger partial charge in [0.25, 0.3) is 5.56 Å². The van der Waals surface area contributed by atoms with Crippen molar-refractivity contribution in [1.29, 1.82) is 0 Å². The molecular formula is C20H18F3N3O3. The van der Waals surface area contributed by atoms with E-state index in [-0.39, 0.29) is 12.3 Å². The summed E-state index contributed by atoms with van der Waals surface area (Å²) < 4.78 is 42.1. The minimum absolute atomic E-state index is 0.156. The van der Waals surface area contributed by atoms with Crippen LogP contribution in [-0.4, -0.2) is 21.9 Å². The zero-order valence-electron chi connectivity index (χ0n) is 15.7. The Labute approximate surface area is 163 Å². The van der Waals surface area contributed by atoms with Crippen LogP contribution in [0.5, 0.6) is 5.75 Å². The van der Waals surface area contributed by atoms with Gasteiger partial charge in [-0.1, -0.05) is 38.1 Å². The van der Waals surface area contributed by atoms with Crippen LogP contribution in [0.4, 0.5) is 13.2 Å². The van der Waals surface area contributed by atoms with Gasteiger partial charge in [0.2, 0.25) is 5.91 Å². The SMILES string of the molecule is CC(C)c1nc2ccccc2c(=O)n1NC(=O)Cc1cccc(OC(F)(F)F)c1. The highest BCUT2D eigenvalue weighted by Gasteiger charge is 2.31. The van der Waals surface area contributed by atoms with Gasteiger partial charge in [-0.25, -0.2) is 9.66 Å². The summed E-state index contributed by atoms with van der Waals surface area (Å²) in [6.07, 6.45) is -5.07. The summed E-state index contributed by atoms with van der Waals surface area (Å²) in [4.78, 5) is 29.7. The Bertz CT molecular complexity index is 1110. The zero-order chi connectivity index (χ0) is 21.2. The molecule has 0 aliphatic heterocycles. The van der Waals surface area contributed by atoms with Crippen LogP contribution in [0.3, 0.4) is 0 Å². The van der Waals surface area contributed by atoms with Gasteiger partial charge in [0, 0.05) is 5.92 Å².